The van der Waals surface area contributed by atoms with E-state index in [4.69, 9.17) is 4.74 Å². The van der Waals surface area contributed by atoms with E-state index in [9.17, 15) is 4.79 Å². The van der Waals surface area contributed by atoms with Gasteiger partial charge in [0, 0.05) is 18.5 Å². The number of fused-ring (bicyclic) bond motifs is 1. The molecule has 1 amide bonds. The summed E-state index contributed by atoms with van der Waals surface area (Å²) in [6, 6.07) is 8.25. The Hall–Kier alpha value is -1.51. The summed E-state index contributed by atoms with van der Waals surface area (Å²) in [6.45, 7) is 1.79. The average Bonchev–Trinajstić information content (AvgIpc) is 2.92. The first kappa shape index (κ1) is 9.70. The smallest absolute Gasteiger partial charge is 0.209 e. The van der Waals surface area contributed by atoms with E-state index >= 15 is 0 Å². The minimum atomic E-state index is 0.232. The third-order valence-corrected chi connectivity index (χ3v) is 3.97. The molecule has 2 atom stereocenters. The van der Waals surface area contributed by atoms with Gasteiger partial charge in [-0.2, -0.15) is 0 Å². The molecule has 3 nitrogen and oxygen atoms in total. The number of amides is 1. The number of hydrogen-bond donors (Lipinski definition) is 0. The molecule has 3 rings (SSSR count). The number of ether oxygens (including phenoxy) is 1. The van der Waals surface area contributed by atoms with Gasteiger partial charge in [0.1, 0.15) is 5.75 Å². The van der Waals surface area contributed by atoms with Crippen molar-refractivity contribution in [2.24, 2.45) is 5.92 Å². The minimum Gasteiger partial charge on any atom is -0.497 e. The van der Waals surface area contributed by atoms with Crippen LogP contribution in [0.15, 0.2) is 24.3 Å². The van der Waals surface area contributed by atoms with Gasteiger partial charge in [-0.3, -0.25) is 4.79 Å². The number of benzene rings is 1. The lowest BCUT2D eigenvalue weighted by atomic mass is 9.95. The van der Waals surface area contributed by atoms with Crippen LogP contribution in [0, 0.1) is 5.92 Å². The van der Waals surface area contributed by atoms with Crippen molar-refractivity contribution in [3.63, 3.8) is 0 Å². The highest BCUT2D eigenvalue weighted by atomic mass is 16.5. The van der Waals surface area contributed by atoms with Crippen LogP contribution in [0.2, 0.25) is 0 Å². The maximum absolute atomic E-state index is 10.8. The fourth-order valence-electron chi connectivity index (χ4n) is 2.98. The fourth-order valence-corrected chi connectivity index (χ4v) is 2.98. The second-order valence-electron chi connectivity index (χ2n) is 4.82. The van der Waals surface area contributed by atoms with Crippen molar-refractivity contribution >= 4 is 6.41 Å². The van der Waals surface area contributed by atoms with E-state index < -0.39 is 0 Å². The SMILES string of the molecule is COc1cccc(C23CC2CN(C=O)C3)c1. The molecule has 2 aliphatic rings. The molecule has 0 bridgehead atoms. The second-order valence-corrected chi connectivity index (χ2v) is 4.82. The lowest BCUT2D eigenvalue weighted by molar-refractivity contribution is -0.117. The van der Waals surface area contributed by atoms with Gasteiger partial charge in [0.15, 0.2) is 0 Å². The van der Waals surface area contributed by atoms with Gasteiger partial charge in [-0.1, -0.05) is 12.1 Å². The summed E-state index contributed by atoms with van der Waals surface area (Å²) in [4.78, 5) is 12.7. The van der Waals surface area contributed by atoms with Crippen molar-refractivity contribution in [1.82, 2.24) is 4.90 Å². The van der Waals surface area contributed by atoms with Crippen LogP contribution in [-0.2, 0) is 10.2 Å². The summed E-state index contributed by atoms with van der Waals surface area (Å²) >= 11 is 0. The second kappa shape index (κ2) is 3.24. The van der Waals surface area contributed by atoms with Gasteiger partial charge in [-0.05, 0) is 30.0 Å². The van der Waals surface area contributed by atoms with E-state index in [2.05, 4.69) is 12.1 Å². The summed E-state index contributed by atoms with van der Waals surface area (Å²) in [7, 11) is 1.69. The third kappa shape index (κ3) is 1.24. The summed E-state index contributed by atoms with van der Waals surface area (Å²) in [6.07, 6.45) is 2.18. The van der Waals surface area contributed by atoms with Gasteiger partial charge >= 0.3 is 0 Å². The average molecular weight is 217 g/mol. The first-order chi connectivity index (χ1) is 7.78. The molecule has 0 radical (unpaired) electrons. The van der Waals surface area contributed by atoms with Crippen LogP contribution in [-0.4, -0.2) is 31.5 Å². The van der Waals surface area contributed by atoms with Crippen molar-refractivity contribution in [2.45, 2.75) is 11.8 Å². The standard InChI is InChI=1S/C13H15NO2/c1-16-12-4-2-3-10(5-12)13-6-11(13)7-14(8-13)9-15/h2-5,9,11H,6-8H2,1H3. The molecule has 1 aromatic rings. The van der Waals surface area contributed by atoms with Crippen LogP contribution >= 0.6 is 0 Å². The van der Waals surface area contributed by atoms with Crippen molar-refractivity contribution in [1.29, 1.82) is 0 Å². The number of piperidine rings is 1. The predicted octanol–water partition coefficient (Wildman–Crippen LogP) is 1.42. The van der Waals surface area contributed by atoms with Crippen molar-refractivity contribution in [3.8, 4) is 5.75 Å². The predicted molar refractivity (Wildman–Crippen MR) is 60.4 cm³/mol. The molecule has 16 heavy (non-hydrogen) atoms. The Balaban J connectivity index is 1.90. The van der Waals surface area contributed by atoms with E-state index in [0.29, 0.717) is 5.92 Å². The van der Waals surface area contributed by atoms with Gasteiger partial charge in [-0.15, -0.1) is 0 Å². The minimum absolute atomic E-state index is 0.232. The van der Waals surface area contributed by atoms with Crippen molar-refractivity contribution in [2.75, 3.05) is 20.2 Å². The molecule has 84 valence electrons. The molecule has 3 heteroatoms. The highest BCUT2D eigenvalue weighted by molar-refractivity contribution is 5.52. The fraction of sp³-hybridized carbons (Fsp3) is 0.462. The topological polar surface area (TPSA) is 29.5 Å². The lowest BCUT2D eigenvalue weighted by Crippen LogP contribution is -2.24. The van der Waals surface area contributed by atoms with Gasteiger partial charge in [0.25, 0.3) is 0 Å². The van der Waals surface area contributed by atoms with Gasteiger partial charge in [0.2, 0.25) is 6.41 Å². The summed E-state index contributed by atoms with van der Waals surface area (Å²) in [5, 5.41) is 0. The molecule has 0 spiro atoms. The highest BCUT2D eigenvalue weighted by Crippen LogP contribution is 2.58. The molecular weight excluding hydrogens is 202 g/mol. The van der Waals surface area contributed by atoms with Crippen LogP contribution in [0.1, 0.15) is 12.0 Å². The van der Waals surface area contributed by atoms with Gasteiger partial charge in [-0.25, -0.2) is 0 Å². The van der Waals surface area contributed by atoms with Gasteiger partial charge in [0.05, 0.1) is 7.11 Å². The number of carbonyl (C=O) groups is 1. The number of nitrogens with zero attached hydrogens (tertiary/aromatic N) is 1. The number of rotatable bonds is 3. The maximum Gasteiger partial charge on any atom is 0.209 e. The quantitative estimate of drug-likeness (QED) is 0.717. The van der Waals surface area contributed by atoms with E-state index in [0.717, 1.165) is 25.2 Å². The Morgan fingerprint density at radius 3 is 3.12 bits per heavy atom. The Labute approximate surface area is 95.0 Å². The van der Waals surface area contributed by atoms with Crippen molar-refractivity contribution in [3.05, 3.63) is 29.8 Å². The molecule has 1 aliphatic carbocycles. The number of hydrogen-bond acceptors (Lipinski definition) is 2. The van der Waals surface area contributed by atoms with E-state index in [1.807, 2.05) is 17.0 Å². The Morgan fingerprint density at radius 2 is 2.44 bits per heavy atom. The highest BCUT2D eigenvalue weighted by Gasteiger charge is 2.60. The van der Waals surface area contributed by atoms with Crippen LogP contribution in [0.25, 0.3) is 0 Å². The monoisotopic (exact) mass is 217 g/mol. The molecule has 2 fully saturated rings. The zero-order chi connectivity index (χ0) is 11.2. The number of likely N-dealkylation sites (tertiary alicyclic amines) is 1. The zero-order valence-corrected chi connectivity index (χ0v) is 9.35. The number of methoxy groups -OCH3 is 1. The van der Waals surface area contributed by atoms with E-state index in [-0.39, 0.29) is 5.41 Å². The molecule has 1 heterocycles. The van der Waals surface area contributed by atoms with Crippen LogP contribution in [0.3, 0.4) is 0 Å². The molecule has 0 N–H and O–H groups in total. The third-order valence-electron chi connectivity index (χ3n) is 3.97. The molecule has 2 unspecified atom stereocenters. The number of carbonyl (C=O) groups excluding carboxylic acids is 1. The Morgan fingerprint density at radius 1 is 1.56 bits per heavy atom. The molecule has 1 saturated heterocycles. The largest absolute Gasteiger partial charge is 0.497 e. The van der Waals surface area contributed by atoms with Crippen LogP contribution < -0.4 is 4.74 Å². The molecular formula is C13H15NO2. The summed E-state index contributed by atoms with van der Waals surface area (Å²) in [5.41, 5.74) is 1.55. The van der Waals surface area contributed by atoms with E-state index in [1.54, 1.807) is 7.11 Å². The van der Waals surface area contributed by atoms with Crippen LogP contribution in [0.5, 0.6) is 5.75 Å². The maximum atomic E-state index is 10.8. The Bertz CT molecular complexity index is 432. The molecule has 1 aromatic carbocycles. The summed E-state index contributed by atoms with van der Waals surface area (Å²) in [5.74, 6) is 1.56. The zero-order valence-electron chi connectivity index (χ0n) is 9.35. The first-order valence-electron chi connectivity index (χ1n) is 5.62. The lowest BCUT2D eigenvalue weighted by Gasteiger charge is -2.17. The summed E-state index contributed by atoms with van der Waals surface area (Å²) < 4.78 is 5.25. The normalized spacial score (nSPS) is 31.1. The first-order valence-corrected chi connectivity index (χ1v) is 5.62. The van der Waals surface area contributed by atoms with Crippen LogP contribution in [0.4, 0.5) is 0 Å². The molecule has 1 aliphatic heterocycles. The van der Waals surface area contributed by atoms with Crippen molar-refractivity contribution < 1.29 is 9.53 Å². The van der Waals surface area contributed by atoms with E-state index in [1.165, 1.54) is 12.0 Å². The Kier molecular flexibility index (Phi) is 1.96. The molecule has 0 aromatic heterocycles. The molecule has 1 saturated carbocycles. The van der Waals surface area contributed by atoms with Gasteiger partial charge < -0.3 is 9.64 Å².